The highest BCUT2D eigenvalue weighted by molar-refractivity contribution is 7.80. The number of hydrogen-bond acceptors (Lipinski definition) is 2. The monoisotopic (exact) mass is 187 g/mol. The van der Waals surface area contributed by atoms with Crippen molar-refractivity contribution in [3.05, 3.63) is 0 Å². The van der Waals surface area contributed by atoms with Crippen molar-refractivity contribution in [1.82, 2.24) is 5.43 Å². The zero-order valence-corrected chi connectivity index (χ0v) is 8.90. The van der Waals surface area contributed by atoms with Crippen LogP contribution in [0.2, 0.25) is 0 Å². The Morgan fingerprint density at radius 2 is 2.08 bits per heavy atom. The van der Waals surface area contributed by atoms with Crippen molar-refractivity contribution in [3.63, 3.8) is 0 Å². The van der Waals surface area contributed by atoms with Gasteiger partial charge in [0, 0.05) is 6.21 Å². The molecule has 0 aliphatic rings. The molecule has 1 unspecified atom stereocenters. The zero-order valence-electron chi connectivity index (χ0n) is 8.09. The molecule has 0 aromatic carbocycles. The third-order valence-electron chi connectivity index (χ3n) is 1.84. The highest BCUT2D eigenvalue weighted by Crippen LogP contribution is 2.23. The molecule has 3 nitrogen and oxygen atoms in total. The van der Waals surface area contributed by atoms with Gasteiger partial charge in [0.15, 0.2) is 5.11 Å². The van der Waals surface area contributed by atoms with Crippen LogP contribution in [0, 0.1) is 11.3 Å². The first-order valence-corrected chi connectivity index (χ1v) is 4.33. The summed E-state index contributed by atoms with van der Waals surface area (Å²) in [6.07, 6.45) is 1.82. The molecular weight excluding hydrogens is 170 g/mol. The average Bonchev–Trinajstić information content (AvgIpc) is 1.84. The SMILES string of the molecule is CC(/C=N\NC(N)=S)C(C)(C)C. The third kappa shape index (κ3) is 5.07. The molecule has 0 rings (SSSR count). The molecule has 0 aromatic heterocycles. The van der Waals surface area contributed by atoms with E-state index in [0.29, 0.717) is 5.92 Å². The molecule has 0 radical (unpaired) electrons. The van der Waals surface area contributed by atoms with E-state index in [4.69, 9.17) is 5.73 Å². The van der Waals surface area contributed by atoms with Crippen LogP contribution in [-0.4, -0.2) is 11.3 Å². The van der Waals surface area contributed by atoms with Gasteiger partial charge in [0.05, 0.1) is 0 Å². The van der Waals surface area contributed by atoms with Crippen LogP contribution in [0.5, 0.6) is 0 Å². The summed E-state index contributed by atoms with van der Waals surface area (Å²) in [5, 5.41) is 4.10. The molecule has 0 saturated carbocycles. The van der Waals surface area contributed by atoms with Gasteiger partial charge in [0.25, 0.3) is 0 Å². The summed E-state index contributed by atoms with van der Waals surface area (Å²) in [6.45, 7) is 8.57. The first-order valence-electron chi connectivity index (χ1n) is 3.92. The summed E-state index contributed by atoms with van der Waals surface area (Å²) in [4.78, 5) is 0. The van der Waals surface area contributed by atoms with E-state index in [9.17, 15) is 0 Å². The van der Waals surface area contributed by atoms with Crippen LogP contribution in [-0.2, 0) is 0 Å². The van der Waals surface area contributed by atoms with Gasteiger partial charge in [-0.1, -0.05) is 27.7 Å². The highest BCUT2D eigenvalue weighted by atomic mass is 32.1. The molecule has 1 atom stereocenters. The summed E-state index contributed by atoms with van der Waals surface area (Å²) in [5.41, 5.74) is 7.95. The summed E-state index contributed by atoms with van der Waals surface area (Å²) >= 11 is 4.59. The maximum absolute atomic E-state index is 5.19. The number of rotatable bonds is 2. The van der Waals surface area contributed by atoms with Crippen LogP contribution in [0.4, 0.5) is 0 Å². The maximum atomic E-state index is 5.19. The first-order chi connectivity index (χ1) is 5.34. The Kier molecular flexibility index (Phi) is 4.17. The minimum absolute atomic E-state index is 0.201. The lowest BCUT2D eigenvalue weighted by Gasteiger charge is -2.23. The van der Waals surface area contributed by atoms with Crippen molar-refractivity contribution in [2.45, 2.75) is 27.7 Å². The van der Waals surface area contributed by atoms with Gasteiger partial charge < -0.3 is 5.73 Å². The van der Waals surface area contributed by atoms with Gasteiger partial charge in [-0.05, 0) is 23.6 Å². The van der Waals surface area contributed by atoms with Gasteiger partial charge in [-0.2, -0.15) is 5.10 Å². The highest BCUT2D eigenvalue weighted by Gasteiger charge is 2.17. The smallest absolute Gasteiger partial charge is 0.184 e. The summed E-state index contributed by atoms with van der Waals surface area (Å²) in [5.74, 6) is 0.388. The molecule has 0 amide bonds. The van der Waals surface area contributed by atoms with Crippen LogP contribution in [0.1, 0.15) is 27.7 Å². The molecule has 0 aromatic rings. The molecule has 4 heteroatoms. The van der Waals surface area contributed by atoms with Gasteiger partial charge in [0.1, 0.15) is 0 Å². The Labute approximate surface area is 79.4 Å². The molecule has 12 heavy (non-hydrogen) atoms. The molecular formula is C8H17N3S. The second kappa shape index (κ2) is 4.40. The quantitative estimate of drug-likeness (QED) is 0.391. The Bertz CT molecular complexity index is 181. The fourth-order valence-corrected chi connectivity index (χ4v) is 0.489. The van der Waals surface area contributed by atoms with Crippen molar-refractivity contribution in [2.24, 2.45) is 22.2 Å². The minimum Gasteiger partial charge on any atom is -0.375 e. The van der Waals surface area contributed by atoms with E-state index < -0.39 is 0 Å². The van der Waals surface area contributed by atoms with Crippen molar-refractivity contribution in [3.8, 4) is 0 Å². The van der Waals surface area contributed by atoms with Crippen molar-refractivity contribution >= 4 is 23.5 Å². The Morgan fingerprint density at radius 3 is 2.42 bits per heavy atom. The van der Waals surface area contributed by atoms with Gasteiger partial charge >= 0.3 is 0 Å². The Morgan fingerprint density at radius 1 is 1.58 bits per heavy atom. The van der Waals surface area contributed by atoms with E-state index in [-0.39, 0.29) is 10.5 Å². The lowest BCUT2D eigenvalue weighted by atomic mass is 9.83. The normalized spacial score (nSPS) is 14.7. The average molecular weight is 187 g/mol. The fraction of sp³-hybridized carbons (Fsp3) is 0.750. The van der Waals surface area contributed by atoms with Gasteiger partial charge in [-0.3, -0.25) is 5.43 Å². The third-order valence-corrected chi connectivity index (χ3v) is 1.93. The van der Waals surface area contributed by atoms with E-state index in [0.717, 1.165) is 0 Å². The molecule has 70 valence electrons. The van der Waals surface area contributed by atoms with Crippen LogP contribution in [0.15, 0.2) is 5.10 Å². The second-order valence-corrected chi connectivity index (χ2v) is 4.35. The number of hydrogen-bond donors (Lipinski definition) is 2. The predicted molar refractivity (Wildman–Crippen MR) is 57.0 cm³/mol. The number of nitrogens with one attached hydrogen (secondary N) is 1. The number of nitrogens with two attached hydrogens (primary N) is 1. The molecule has 0 aliphatic carbocycles. The van der Waals surface area contributed by atoms with Crippen LogP contribution in [0.25, 0.3) is 0 Å². The van der Waals surface area contributed by atoms with E-state index in [1.54, 1.807) is 0 Å². The fourth-order valence-electron chi connectivity index (χ4n) is 0.436. The van der Waals surface area contributed by atoms with Crippen molar-refractivity contribution in [1.29, 1.82) is 0 Å². The summed E-state index contributed by atoms with van der Waals surface area (Å²) in [6, 6.07) is 0. The molecule has 0 spiro atoms. The van der Waals surface area contributed by atoms with E-state index in [1.807, 2.05) is 6.21 Å². The van der Waals surface area contributed by atoms with E-state index >= 15 is 0 Å². The van der Waals surface area contributed by atoms with Crippen molar-refractivity contribution < 1.29 is 0 Å². The Balaban J connectivity index is 3.92. The topological polar surface area (TPSA) is 50.4 Å². The molecule has 3 N–H and O–H groups in total. The van der Waals surface area contributed by atoms with Crippen LogP contribution >= 0.6 is 12.2 Å². The maximum Gasteiger partial charge on any atom is 0.184 e. The van der Waals surface area contributed by atoms with Gasteiger partial charge in [-0.25, -0.2) is 0 Å². The second-order valence-electron chi connectivity index (χ2n) is 3.91. The summed E-state index contributed by atoms with van der Waals surface area (Å²) in [7, 11) is 0. The first kappa shape index (κ1) is 11.4. The molecule has 0 aliphatic heterocycles. The number of nitrogens with zero attached hydrogens (tertiary/aromatic N) is 1. The molecule has 0 bridgehead atoms. The van der Waals surface area contributed by atoms with Gasteiger partial charge in [0.2, 0.25) is 0 Å². The van der Waals surface area contributed by atoms with Crippen LogP contribution < -0.4 is 11.2 Å². The number of hydrazone groups is 1. The zero-order chi connectivity index (χ0) is 9.78. The van der Waals surface area contributed by atoms with Crippen molar-refractivity contribution in [2.75, 3.05) is 0 Å². The predicted octanol–water partition coefficient (Wildman–Crippen LogP) is 1.49. The molecule has 0 fully saturated rings. The molecule has 0 heterocycles. The number of thiocarbonyl (C=S) groups is 1. The largest absolute Gasteiger partial charge is 0.375 e. The minimum atomic E-state index is 0.201. The van der Waals surface area contributed by atoms with E-state index in [2.05, 4.69) is 50.4 Å². The standard InChI is InChI=1S/C8H17N3S/c1-6(8(2,3)4)5-10-11-7(9)12/h5-6H,1-4H3,(H3,9,11,12)/b10-5-. The Hall–Kier alpha value is -0.640. The van der Waals surface area contributed by atoms with E-state index in [1.165, 1.54) is 0 Å². The lowest BCUT2D eigenvalue weighted by molar-refractivity contribution is 0.338. The molecule has 0 saturated heterocycles. The van der Waals surface area contributed by atoms with Gasteiger partial charge in [-0.15, -0.1) is 0 Å². The summed E-state index contributed by atoms with van der Waals surface area (Å²) < 4.78 is 0. The van der Waals surface area contributed by atoms with Crippen LogP contribution in [0.3, 0.4) is 0 Å². The lowest BCUT2D eigenvalue weighted by Crippen LogP contribution is -2.26.